The molecule has 4 aromatic rings. The number of hydrogen-bond acceptors (Lipinski definition) is 7. The highest BCUT2D eigenvalue weighted by Gasteiger charge is 2.31. The Kier molecular flexibility index (Phi) is 13.1. The number of ether oxygens (including phenoxy) is 1. The molecule has 1 aromatic heterocycles. The lowest BCUT2D eigenvalue weighted by Crippen LogP contribution is -2.50. The molecule has 2 fully saturated rings. The average Bonchev–Trinajstić information content (AvgIpc) is 3.55. The van der Waals surface area contributed by atoms with Gasteiger partial charge in [0.05, 0.1) is 10.9 Å². The highest BCUT2D eigenvalue weighted by atomic mass is 16.6. The van der Waals surface area contributed by atoms with E-state index in [0.29, 0.717) is 60.9 Å². The highest BCUT2D eigenvalue weighted by molar-refractivity contribution is 5.99. The Morgan fingerprint density at radius 1 is 0.932 bits per heavy atom. The fraction of sp³-hybridized carbons (Fsp3) is 0.455. The SMILES string of the molecule is Cc1cc(C(=O)NC2CCN(C(=O)O)C(C)C2)ccc1-c1ccc(C[C@H](NC(=O)C2CCC(CNC(=O)OC(C)(C)C)CC2)C(=O)Nc2ccc3c(=O)[nH][nH]c3c2)cc1. The summed E-state index contributed by atoms with van der Waals surface area (Å²) in [6.45, 7) is 10.1. The lowest BCUT2D eigenvalue weighted by Gasteiger charge is -2.36. The Morgan fingerprint density at radius 3 is 2.32 bits per heavy atom. The normalized spacial score (nSPS) is 20.0. The van der Waals surface area contributed by atoms with Gasteiger partial charge in [0.1, 0.15) is 11.6 Å². The number of likely N-dealkylation sites (tertiary alicyclic amines) is 1. The smallest absolute Gasteiger partial charge is 0.407 e. The van der Waals surface area contributed by atoms with E-state index < -0.39 is 29.7 Å². The Balaban J connectivity index is 1.10. The molecule has 0 spiro atoms. The van der Waals surface area contributed by atoms with Crippen LogP contribution in [0, 0.1) is 18.8 Å². The quantitative estimate of drug-likeness (QED) is 0.0939. The van der Waals surface area contributed by atoms with Crippen LogP contribution in [0.1, 0.15) is 87.7 Å². The standard InChI is InChI=1S/C44H55N7O8/c1-25-20-31(39(53)46-33-18-19-51(43(57)58)26(2)21-33)14-16-34(25)29-10-6-27(7-11-29)22-37(41(55)47-32-15-17-35-36(23-32)49-50-40(35)54)48-38(52)30-12-8-28(9-13-30)24-45-42(56)59-44(3,4)5/h6-7,10-11,14-17,20,23,26,28,30,33,37H,8-9,12-13,18-19,21-22,24H2,1-5H3,(H,45,56)(H,46,53)(H,47,55)(H,48,52)(H,57,58)(H2,49,50,54)/t26?,28?,30?,33?,37-/m0/s1. The van der Waals surface area contributed by atoms with Crippen LogP contribution < -0.4 is 26.8 Å². The van der Waals surface area contributed by atoms with E-state index in [-0.39, 0.29) is 47.7 Å². The summed E-state index contributed by atoms with van der Waals surface area (Å²) in [6, 6.07) is 17.0. The molecule has 59 heavy (non-hydrogen) atoms. The van der Waals surface area contributed by atoms with Gasteiger partial charge in [-0.05, 0) is 132 Å². The molecule has 0 bridgehead atoms. The maximum Gasteiger partial charge on any atom is 0.407 e. The summed E-state index contributed by atoms with van der Waals surface area (Å²) in [5.74, 6) is -0.873. The number of aromatic nitrogens is 2. The summed E-state index contributed by atoms with van der Waals surface area (Å²) in [7, 11) is 0. The molecular formula is C44H55N7O8. The van der Waals surface area contributed by atoms with Gasteiger partial charge < -0.3 is 36.0 Å². The number of hydrogen-bond donors (Lipinski definition) is 7. The first-order valence-corrected chi connectivity index (χ1v) is 20.3. The van der Waals surface area contributed by atoms with E-state index in [2.05, 4.69) is 31.5 Å². The Bertz CT molecular complexity index is 2230. The van der Waals surface area contributed by atoms with Crippen LogP contribution in [0.15, 0.2) is 65.5 Å². The summed E-state index contributed by atoms with van der Waals surface area (Å²) >= 11 is 0. The molecule has 0 radical (unpaired) electrons. The minimum atomic E-state index is -0.946. The van der Waals surface area contributed by atoms with Gasteiger partial charge in [-0.1, -0.05) is 30.3 Å². The molecule has 2 aliphatic rings. The zero-order valence-electron chi connectivity index (χ0n) is 34.3. The number of benzene rings is 3. The number of carboxylic acid groups (broad SMARTS) is 1. The second-order valence-electron chi connectivity index (χ2n) is 16.9. The summed E-state index contributed by atoms with van der Waals surface area (Å²) in [4.78, 5) is 77.7. The average molecular weight is 810 g/mol. The largest absolute Gasteiger partial charge is 0.465 e. The van der Waals surface area contributed by atoms with Gasteiger partial charge in [0.25, 0.3) is 11.5 Å². The third-order valence-electron chi connectivity index (χ3n) is 11.3. The van der Waals surface area contributed by atoms with Gasteiger partial charge in [-0.2, -0.15) is 0 Å². The van der Waals surface area contributed by atoms with E-state index in [1.807, 2.05) is 71.0 Å². The van der Waals surface area contributed by atoms with Crippen molar-refractivity contribution in [3.05, 3.63) is 87.7 Å². The van der Waals surface area contributed by atoms with E-state index in [0.717, 1.165) is 35.1 Å². The maximum absolute atomic E-state index is 13.9. The molecule has 3 aromatic carbocycles. The highest BCUT2D eigenvalue weighted by Crippen LogP contribution is 2.30. The lowest BCUT2D eigenvalue weighted by molar-refractivity contribution is -0.130. The molecule has 5 amide bonds. The maximum atomic E-state index is 13.9. The van der Waals surface area contributed by atoms with E-state index in [9.17, 15) is 33.9 Å². The fourth-order valence-corrected chi connectivity index (χ4v) is 8.05. The van der Waals surface area contributed by atoms with Crippen molar-refractivity contribution >= 4 is 46.5 Å². The summed E-state index contributed by atoms with van der Waals surface area (Å²) in [5.41, 5.74) is 4.27. The molecule has 15 nitrogen and oxygen atoms in total. The van der Waals surface area contributed by atoms with Gasteiger partial charge >= 0.3 is 12.2 Å². The second kappa shape index (κ2) is 18.2. The van der Waals surface area contributed by atoms with Gasteiger partial charge in [-0.25, -0.2) is 9.59 Å². The molecule has 3 atom stereocenters. The predicted octanol–water partition coefficient (Wildman–Crippen LogP) is 6.09. The van der Waals surface area contributed by atoms with Crippen LogP contribution in [-0.4, -0.2) is 86.9 Å². The molecule has 2 heterocycles. The van der Waals surface area contributed by atoms with Gasteiger partial charge in [-0.3, -0.25) is 29.4 Å². The number of amides is 5. The molecule has 1 aliphatic heterocycles. The number of anilines is 1. The van der Waals surface area contributed by atoms with Crippen LogP contribution in [0.5, 0.6) is 0 Å². The molecule has 2 unspecified atom stereocenters. The number of piperidine rings is 1. The van der Waals surface area contributed by atoms with E-state index in [1.54, 1.807) is 24.3 Å². The van der Waals surface area contributed by atoms with Crippen LogP contribution in [0.2, 0.25) is 0 Å². The Morgan fingerprint density at radius 2 is 1.66 bits per heavy atom. The summed E-state index contributed by atoms with van der Waals surface area (Å²) in [6.07, 6.45) is 2.67. The first kappa shape index (κ1) is 42.5. The van der Waals surface area contributed by atoms with Crippen molar-refractivity contribution in [2.24, 2.45) is 11.8 Å². The summed E-state index contributed by atoms with van der Waals surface area (Å²) in [5, 5.41) is 27.0. The fourth-order valence-electron chi connectivity index (χ4n) is 8.05. The van der Waals surface area contributed by atoms with Crippen LogP contribution in [0.3, 0.4) is 0 Å². The lowest BCUT2D eigenvalue weighted by atomic mass is 9.81. The zero-order chi connectivity index (χ0) is 42.4. The minimum Gasteiger partial charge on any atom is -0.465 e. The number of aryl methyl sites for hydroxylation is 1. The number of carbonyl (C=O) groups is 5. The van der Waals surface area contributed by atoms with Crippen molar-refractivity contribution in [2.45, 2.75) is 103 Å². The molecule has 1 saturated heterocycles. The van der Waals surface area contributed by atoms with Gasteiger partial charge in [0.2, 0.25) is 11.8 Å². The van der Waals surface area contributed by atoms with E-state index in [1.165, 1.54) is 4.90 Å². The van der Waals surface area contributed by atoms with E-state index >= 15 is 0 Å². The molecule has 1 saturated carbocycles. The monoisotopic (exact) mass is 809 g/mol. The molecule has 7 N–H and O–H groups in total. The molecule has 6 rings (SSSR count). The molecule has 314 valence electrons. The molecular weight excluding hydrogens is 755 g/mol. The number of nitrogens with zero attached hydrogens (tertiary/aromatic N) is 1. The number of H-pyrrole nitrogens is 2. The van der Waals surface area contributed by atoms with Crippen LogP contribution >= 0.6 is 0 Å². The van der Waals surface area contributed by atoms with Crippen molar-refractivity contribution in [3.63, 3.8) is 0 Å². The van der Waals surface area contributed by atoms with Gasteiger partial charge in [0, 0.05) is 48.8 Å². The number of nitrogens with one attached hydrogen (secondary N) is 6. The zero-order valence-corrected chi connectivity index (χ0v) is 34.3. The first-order chi connectivity index (χ1) is 28.0. The second-order valence-corrected chi connectivity index (χ2v) is 16.9. The number of aromatic amines is 2. The number of rotatable bonds is 11. The topological polar surface area (TPSA) is 215 Å². The van der Waals surface area contributed by atoms with Crippen LogP contribution in [0.25, 0.3) is 22.0 Å². The van der Waals surface area contributed by atoms with Crippen molar-refractivity contribution < 1.29 is 33.8 Å². The van der Waals surface area contributed by atoms with Crippen molar-refractivity contribution in [1.82, 2.24) is 31.0 Å². The van der Waals surface area contributed by atoms with Crippen molar-refractivity contribution in [3.8, 4) is 11.1 Å². The molecule has 1 aliphatic carbocycles. The Hall–Kier alpha value is -6.12. The van der Waals surface area contributed by atoms with E-state index in [4.69, 9.17) is 4.74 Å². The van der Waals surface area contributed by atoms with Gasteiger partial charge in [-0.15, -0.1) is 0 Å². The van der Waals surface area contributed by atoms with Crippen LogP contribution in [0.4, 0.5) is 15.3 Å². The predicted molar refractivity (Wildman–Crippen MR) is 224 cm³/mol. The summed E-state index contributed by atoms with van der Waals surface area (Å²) < 4.78 is 5.35. The Labute approximate surface area is 343 Å². The third-order valence-corrected chi connectivity index (χ3v) is 11.3. The number of fused-ring (bicyclic) bond motifs is 1. The van der Waals surface area contributed by atoms with Crippen LogP contribution in [-0.2, 0) is 20.7 Å². The minimum absolute atomic E-state index is 0.112. The van der Waals surface area contributed by atoms with Crippen molar-refractivity contribution in [2.75, 3.05) is 18.4 Å². The third kappa shape index (κ3) is 11.1. The number of alkyl carbamates (subject to hydrolysis) is 1. The van der Waals surface area contributed by atoms with Gasteiger partial charge in [0.15, 0.2) is 0 Å². The number of carbonyl (C=O) groups excluding carboxylic acids is 4. The first-order valence-electron chi connectivity index (χ1n) is 20.3. The molecule has 15 heteroatoms. The van der Waals surface area contributed by atoms with Crippen molar-refractivity contribution in [1.29, 1.82) is 0 Å².